The second-order valence-electron chi connectivity index (χ2n) is 6.52. The van der Waals surface area contributed by atoms with Crippen LogP contribution in [0, 0.1) is 0 Å². The smallest absolute Gasteiger partial charge is 0.211 e. The minimum Gasteiger partial charge on any atom is -0.463 e. The van der Waals surface area contributed by atoms with Crippen molar-refractivity contribution in [3.63, 3.8) is 0 Å². The Morgan fingerprint density at radius 3 is 2.64 bits per heavy atom. The molecule has 2 heterocycles. The number of hydrogen-bond acceptors (Lipinski definition) is 2. The van der Waals surface area contributed by atoms with Crippen molar-refractivity contribution < 1.29 is 4.74 Å². The van der Waals surface area contributed by atoms with E-state index in [2.05, 4.69) is 84.2 Å². The molecule has 0 bridgehead atoms. The SMILES string of the molecule is CN1c2ccccc2C(C)(C)C12C=Cc1ccc(Br)cc1O2. The van der Waals surface area contributed by atoms with Crippen molar-refractivity contribution in [2.24, 2.45) is 0 Å². The van der Waals surface area contributed by atoms with Crippen LogP contribution in [0.3, 0.4) is 0 Å². The molecular formula is C19H18BrNO. The third-order valence-corrected chi connectivity index (χ3v) is 5.56. The Morgan fingerprint density at radius 1 is 1.09 bits per heavy atom. The van der Waals surface area contributed by atoms with Crippen molar-refractivity contribution in [3.8, 4) is 5.75 Å². The van der Waals surface area contributed by atoms with Crippen LogP contribution in [0.2, 0.25) is 0 Å². The van der Waals surface area contributed by atoms with Gasteiger partial charge in [-0.3, -0.25) is 0 Å². The summed E-state index contributed by atoms with van der Waals surface area (Å²) in [6.45, 7) is 4.51. The minimum absolute atomic E-state index is 0.144. The highest BCUT2D eigenvalue weighted by Crippen LogP contribution is 2.54. The van der Waals surface area contributed by atoms with Gasteiger partial charge in [0.1, 0.15) is 5.75 Å². The molecule has 2 nitrogen and oxygen atoms in total. The molecule has 2 aromatic rings. The predicted octanol–water partition coefficient (Wildman–Crippen LogP) is 4.98. The van der Waals surface area contributed by atoms with Crippen LogP contribution in [0.15, 0.2) is 53.0 Å². The molecule has 3 heteroatoms. The van der Waals surface area contributed by atoms with Gasteiger partial charge in [-0.1, -0.05) is 40.2 Å². The van der Waals surface area contributed by atoms with Gasteiger partial charge in [-0.15, -0.1) is 0 Å². The summed E-state index contributed by atoms with van der Waals surface area (Å²) < 4.78 is 7.62. The van der Waals surface area contributed by atoms with Crippen LogP contribution in [0.4, 0.5) is 5.69 Å². The minimum atomic E-state index is -0.496. The molecule has 2 aromatic carbocycles. The van der Waals surface area contributed by atoms with E-state index in [4.69, 9.17) is 4.74 Å². The van der Waals surface area contributed by atoms with E-state index in [0.29, 0.717) is 0 Å². The van der Waals surface area contributed by atoms with Gasteiger partial charge in [0, 0.05) is 22.8 Å². The van der Waals surface area contributed by atoms with Gasteiger partial charge in [0.25, 0.3) is 0 Å². The number of hydrogen-bond donors (Lipinski definition) is 0. The first kappa shape index (κ1) is 13.9. The fourth-order valence-electron chi connectivity index (χ4n) is 3.74. The van der Waals surface area contributed by atoms with Crippen LogP contribution < -0.4 is 9.64 Å². The van der Waals surface area contributed by atoms with Crippen LogP contribution in [0.1, 0.15) is 25.0 Å². The van der Waals surface area contributed by atoms with Crippen molar-refractivity contribution in [2.75, 3.05) is 11.9 Å². The zero-order valence-corrected chi connectivity index (χ0v) is 14.5. The average Bonchev–Trinajstić information content (AvgIpc) is 2.67. The summed E-state index contributed by atoms with van der Waals surface area (Å²) in [6, 6.07) is 14.7. The zero-order chi connectivity index (χ0) is 15.5. The molecule has 2 aliphatic rings. The molecule has 0 N–H and O–H groups in total. The summed E-state index contributed by atoms with van der Waals surface area (Å²) in [5.41, 5.74) is 3.03. The van der Waals surface area contributed by atoms with Crippen LogP contribution in [0.5, 0.6) is 5.75 Å². The number of rotatable bonds is 0. The maximum atomic E-state index is 6.58. The molecule has 0 amide bonds. The van der Waals surface area contributed by atoms with E-state index in [1.807, 2.05) is 12.1 Å². The summed E-state index contributed by atoms with van der Waals surface area (Å²) in [4.78, 5) is 2.25. The number of nitrogens with zero attached hydrogens (tertiary/aromatic N) is 1. The molecule has 4 rings (SSSR count). The first-order valence-electron chi connectivity index (χ1n) is 7.47. The fraction of sp³-hybridized carbons (Fsp3) is 0.263. The van der Waals surface area contributed by atoms with Crippen molar-refractivity contribution in [2.45, 2.75) is 25.0 Å². The van der Waals surface area contributed by atoms with Crippen molar-refractivity contribution >= 4 is 27.7 Å². The van der Waals surface area contributed by atoms with Gasteiger partial charge in [0.05, 0.1) is 5.41 Å². The number of ether oxygens (including phenoxy) is 1. The Bertz CT molecular complexity index is 796. The number of anilines is 1. The quantitative estimate of drug-likeness (QED) is 0.660. The first-order chi connectivity index (χ1) is 10.5. The third kappa shape index (κ3) is 1.60. The monoisotopic (exact) mass is 355 g/mol. The highest BCUT2D eigenvalue weighted by molar-refractivity contribution is 9.10. The lowest BCUT2D eigenvalue weighted by Gasteiger charge is -2.45. The lowest BCUT2D eigenvalue weighted by molar-refractivity contribution is 0.0581. The summed E-state index contributed by atoms with van der Waals surface area (Å²) in [5, 5.41) is 0. The molecule has 0 aliphatic carbocycles. The number of para-hydroxylation sites is 1. The predicted molar refractivity (Wildman–Crippen MR) is 94.4 cm³/mol. The van der Waals surface area contributed by atoms with Gasteiger partial charge in [-0.05, 0) is 49.8 Å². The van der Waals surface area contributed by atoms with Gasteiger partial charge in [-0.25, -0.2) is 0 Å². The topological polar surface area (TPSA) is 12.5 Å². The van der Waals surface area contributed by atoms with Gasteiger partial charge < -0.3 is 9.64 Å². The van der Waals surface area contributed by atoms with E-state index in [1.165, 1.54) is 11.3 Å². The van der Waals surface area contributed by atoms with Gasteiger partial charge in [0.15, 0.2) is 0 Å². The van der Waals surface area contributed by atoms with E-state index in [1.54, 1.807) is 0 Å². The Labute approximate surface area is 139 Å². The maximum absolute atomic E-state index is 6.58. The van der Waals surface area contributed by atoms with Gasteiger partial charge in [-0.2, -0.15) is 0 Å². The first-order valence-corrected chi connectivity index (χ1v) is 8.26. The molecular weight excluding hydrogens is 338 g/mol. The molecule has 2 aliphatic heterocycles. The molecule has 0 radical (unpaired) electrons. The average molecular weight is 356 g/mol. The molecule has 0 saturated carbocycles. The number of likely N-dealkylation sites (N-methyl/N-ethyl adjacent to an activating group) is 1. The molecule has 1 spiro atoms. The van der Waals surface area contributed by atoms with Crippen LogP contribution >= 0.6 is 15.9 Å². The Hall–Kier alpha value is -1.74. The van der Waals surface area contributed by atoms with E-state index in [9.17, 15) is 0 Å². The van der Waals surface area contributed by atoms with E-state index < -0.39 is 5.72 Å². The summed E-state index contributed by atoms with van der Waals surface area (Å²) in [5.74, 6) is 0.921. The Balaban J connectivity index is 1.91. The molecule has 0 fully saturated rings. The largest absolute Gasteiger partial charge is 0.463 e. The highest BCUT2D eigenvalue weighted by atomic mass is 79.9. The second kappa shape index (κ2) is 4.39. The van der Waals surface area contributed by atoms with E-state index in [-0.39, 0.29) is 5.41 Å². The van der Waals surface area contributed by atoms with Crippen LogP contribution in [-0.4, -0.2) is 12.8 Å². The van der Waals surface area contributed by atoms with Gasteiger partial charge in [0.2, 0.25) is 5.72 Å². The van der Waals surface area contributed by atoms with Crippen LogP contribution in [0.25, 0.3) is 6.08 Å². The lowest BCUT2D eigenvalue weighted by atomic mass is 9.76. The highest BCUT2D eigenvalue weighted by Gasteiger charge is 2.57. The summed E-state index contributed by atoms with van der Waals surface area (Å²) in [7, 11) is 2.11. The van der Waals surface area contributed by atoms with E-state index in [0.717, 1.165) is 15.8 Å². The molecule has 112 valence electrons. The van der Waals surface area contributed by atoms with Crippen molar-refractivity contribution in [3.05, 3.63) is 64.1 Å². The number of benzene rings is 2. The molecule has 0 saturated heterocycles. The fourth-order valence-corrected chi connectivity index (χ4v) is 4.08. The molecule has 0 aromatic heterocycles. The Morgan fingerprint density at radius 2 is 1.86 bits per heavy atom. The van der Waals surface area contributed by atoms with E-state index >= 15 is 0 Å². The molecule has 22 heavy (non-hydrogen) atoms. The van der Waals surface area contributed by atoms with Crippen molar-refractivity contribution in [1.29, 1.82) is 0 Å². The lowest BCUT2D eigenvalue weighted by Crippen LogP contribution is -2.58. The van der Waals surface area contributed by atoms with Crippen LogP contribution in [-0.2, 0) is 5.41 Å². The molecule has 1 unspecified atom stereocenters. The Kier molecular flexibility index (Phi) is 2.77. The summed E-state index contributed by atoms with van der Waals surface area (Å²) >= 11 is 3.54. The zero-order valence-electron chi connectivity index (χ0n) is 12.9. The maximum Gasteiger partial charge on any atom is 0.211 e. The number of fused-ring (bicyclic) bond motifs is 2. The van der Waals surface area contributed by atoms with Crippen molar-refractivity contribution in [1.82, 2.24) is 0 Å². The van der Waals surface area contributed by atoms with Gasteiger partial charge >= 0.3 is 0 Å². The normalized spacial score (nSPS) is 24.1. The third-order valence-electron chi connectivity index (χ3n) is 5.06. The summed E-state index contributed by atoms with van der Waals surface area (Å²) in [6.07, 6.45) is 4.37. The molecule has 1 atom stereocenters. The number of halogens is 1. The standard InChI is InChI=1S/C19H18BrNO/c1-18(2)15-6-4-5-7-16(15)21(3)19(18)11-10-13-8-9-14(20)12-17(13)22-19/h4-12H,1-3H3. The second-order valence-corrected chi connectivity index (χ2v) is 7.43.